The maximum Gasteiger partial charge on any atom is 0.123 e. The number of hydrogen-bond acceptors (Lipinski definition) is 3. The number of rotatable bonds is 2. The Morgan fingerprint density at radius 2 is 1.60 bits per heavy atom. The summed E-state index contributed by atoms with van der Waals surface area (Å²) in [7, 11) is 0. The van der Waals surface area contributed by atoms with Crippen LogP contribution in [0.4, 0.5) is 10.1 Å². The summed E-state index contributed by atoms with van der Waals surface area (Å²) in [5.74, 6) is -0.161. The average molecular weight is 342 g/mol. The van der Waals surface area contributed by atoms with Crippen LogP contribution in [-0.4, -0.2) is 44.2 Å². The zero-order valence-corrected chi connectivity index (χ0v) is 15.0. The largest absolute Gasteiger partial charge is 0.376 e. The zero-order chi connectivity index (χ0) is 17.5. The number of hydrogen-bond donors (Lipinski definition) is 0. The number of halogens is 1. The summed E-state index contributed by atoms with van der Waals surface area (Å²) in [6, 6.07) is 15.2. The van der Waals surface area contributed by atoms with Gasteiger partial charge in [-0.1, -0.05) is 31.2 Å². The highest BCUT2D eigenvalue weighted by Gasteiger charge is 2.15. The van der Waals surface area contributed by atoms with Crippen molar-refractivity contribution in [3.63, 3.8) is 0 Å². The molecule has 0 unspecified atom stereocenters. The third kappa shape index (κ3) is 5.03. The SMILES string of the molecule is CCN1CCN(c2ccc(F)cc2)CC1.c1ccc2c(c1)CCOC2. The summed E-state index contributed by atoms with van der Waals surface area (Å²) in [4.78, 5) is 4.74. The minimum absolute atomic E-state index is 0.161. The van der Waals surface area contributed by atoms with Crippen molar-refractivity contribution in [2.24, 2.45) is 0 Å². The maximum absolute atomic E-state index is 12.7. The van der Waals surface area contributed by atoms with Gasteiger partial charge in [0.1, 0.15) is 5.82 Å². The van der Waals surface area contributed by atoms with Crippen molar-refractivity contribution in [1.29, 1.82) is 0 Å². The Labute approximate surface area is 150 Å². The molecule has 0 aromatic heterocycles. The van der Waals surface area contributed by atoms with Crippen LogP contribution in [0.3, 0.4) is 0 Å². The molecule has 2 aliphatic heterocycles. The van der Waals surface area contributed by atoms with E-state index in [0.717, 1.165) is 58.0 Å². The molecule has 2 aliphatic rings. The molecule has 134 valence electrons. The first-order valence-electron chi connectivity index (χ1n) is 9.13. The topological polar surface area (TPSA) is 15.7 Å². The highest BCUT2D eigenvalue weighted by Crippen LogP contribution is 2.17. The third-order valence-electron chi connectivity index (χ3n) is 4.90. The Morgan fingerprint density at radius 1 is 0.920 bits per heavy atom. The number of anilines is 1. The molecule has 0 spiro atoms. The van der Waals surface area contributed by atoms with Crippen LogP contribution in [0.1, 0.15) is 18.1 Å². The van der Waals surface area contributed by atoms with Crippen LogP contribution in [0, 0.1) is 5.82 Å². The van der Waals surface area contributed by atoms with Crippen LogP contribution >= 0.6 is 0 Å². The van der Waals surface area contributed by atoms with Crippen LogP contribution in [0.5, 0.6) is 0 Å². The second-order valence-electron chi connectivity index (χ2n) is 6.47. The van der Waals surface area contributed by atoms with Crippen molar-refractivity contribution in [3.05, 3.63) is 65.5 Å². The third-order valence-corrected chi connectivity index (χ3v) is 4.90. The van der Waals surface area contributed by atoms with Gasteiger partial charge >= 0.3 is 0 Å². The van der Waals surface area contributed by atoms with Crippen molar-refractivity contribution in [2.45, 2.75) is 20.0 Å². The number of fused-ring (bicyclic) bond motifs is 1. The molecule has 4 rings (SSSR count). The van der Waals surface area contributed by atoms with E-state index in [4.69, 9.17) is 4.74 Å². The van der Waals surface area contributed by atoms with Gasteiger partial charge in [-0.05, 0) is 48.4 Å². The second kappa shape index (κ2) is 8.97. The Bertz CT molecular complexity index is 626. The lowest BCUT2D eigenvalue weighted by atomic mass is 10.0. The van der Waals surface area contributed by atoms with Gasteiger partial charge in [0.25, 0.3) is 0 Å². The van der Waals surface area contributed by atoms with E-state index in [2.05, 4.69) is 41.0 Å². The normalized spacial score (nSPS) is 17.4. The quantitative estimate of drug-likeness (QED) is 0.827. The van der Waals surface area contributed by atoms with Gasteiger partial charge in [-0.3, -0.25) is 0 Å². The molecule has 2 heterocycles. The van der Waals surface area contributed by atoms with Gasteiger partial charge in [-0.15, -0.1) is 0 Å². The highest BCUT2D eigenvalue weighted by molar-refractivity contribution is 5.46. The van der Waals surface area contributed by atoms with E-state index in [1.54, 1.807) is 0 Å². The van der Waals surface area contributed by atoms with E-state index < -0.39 is 0 Å². The Hall–Kier alpha value is -1.91. The van der Waals surface area contributed by atoms with E-state index >= 15 is 0 Å². The first-order valence-corrected chi connectivity index (χ1v) is 9.13. The number of ether oxygens (including phenoxy) is 1. The summed E-state index contributed by atoms with van der Waals surface area (Å²) in [6.07, 6.45) is 1.08. The molecule has 0 radical (unpaired) electrons. The van der Waals surface area contributed by atoms with Crippen LogP contribution < -0.4 is 4.90 Å². The monoisotopic (exact) mass is 342 g/mol. The molecule has 0 bridgehead atoms. The summed E-state index contributed by atoms with van der Waals surface area (Å²) in [5, 5.41) is 0. The highest BCUT2D eigenvalue weighted by atomic mass is 19.1. The Kier molecular flexibility index (Phi) is 6.42. The molecular weight excluding hydrogens is 315 g/mol. The van der Waals surface area contributed by atoms with E-state index in [1.807, 2.05) is 12.1 Å². The van der Waals surface area contributed by atoms with Gasteiger partial charge in [0.2, 0.25) is 0 Å². The molecule has 1 saturated heterocycles. The van der Waals surface area contributed by atoms with Crippen LogP contribution in [0.25, 0.3) is 0 Å². The lowest BCUT2D eigenvalue weighted by Gasteiger charge is -2.35. The molecule has 4 heteroatoms. The number of nitrogens with zero attached hydrogens (tertiary/aromatic N) is 2. The molecular formula is C21H27FN2O. The van der Waals surface area contributed by atoms with Crippen molar-refractivity contribution in [2.75, 3.05) is 44.2 Å². The molecule has 0 saturated carbocycles. The van der Waals surface area contributed by atoms with Crippen molar-refractivity contribution < 1.29 is 9.13 Å². The minimum Gasteiger partial charge on any atom is -0.376 e. The minimum atomic E-state index is -0.161. The molecule has 0 atom stereocenters. The lowest BCUT2D eigenvalue weighted by molar-refractivity contribution is 0.111. The van der Waals surface area contributed by atoms with E-state index in [9.17, 15) is 4.39 Å². The van der Waals surface area contributed by atoms with Gasteiger partial charge in [0.15, 0.2) is 0 Å². The predicted octanol–water partition coefficient (Wildman–Crippen LogP) is 3.73. The van der Waals surface area contributed by atoms with Crippen LogP contribution in [-0.2, 0) is 17.8 Å². The van der Waals surface area contributed by atoms with Crippen LogP contribution in [0.15, 0.2) is 48.5 Å². The first-order chi connectivity index (χ1) is 12.3. The molecule has 0 amide bonds. The fourth-order valence-electron chi connectivity index (χ4n) is 3.28. The molecule has 0 aliphatic carbocycles. The summed E-state index contributed by atoms with van der Waals surface area (Å²) in [6.45, 7) is 9.29. The Balaban J connectivity index is 0.000000157. The number of benzene rings is 2. The summed E-state index contributed by atoms with van der Waals surface area (Å²) < 4.78 is 18.0. The van der Waals surface area contributed by atoms with Gasteiger partial charge in [0, 0.05) is 31.9 Å². The second-order valence-corrected chi connectivity index (χ2v) is 6.47. The van der Waals surface area contributed by atoms with Gasteiger partial charge < -0.3 is 14.5 Å². The lowest BCUT2D eigenvalue weighted by Crippen LogP contribution is -2.46. The smallest absolute Gasteiger partial charge is 0.123 e. The molecule has 3 nitrogen and oxygen atoms in total. The van der Waals surface area contributed by atoms with Gasteiger partial charge in [-0.2, -0.15) is 0 Å². The molecule has 0 N–H and O–H groups in total. The maximum atomic E-state index is 12.7. The van der Waals surface area contributed by atoms with E-state index in [1.165, 1.54) is 23.3 Å². The van der Waals surface area contributed by atoms with Crippen LogP contribution in [0.2, 0.25) is 0 Å². The van der Waals surface area contributed by atoms with Gasteiger partial charge in [0.05, 0.1) is 13.2 Å². The van der Waals surface area contributed by atoms with E-state index in [-0.39, 0.29) is 5.82 Å². The fraction of sp³-hybridized carbons (Fsp3) is 0.429. The fourth-order valence-corrected chi connectivity index (χ4v) is 3.28. The summed E-state index contributed by atoms with van der Waals surface area (Å²) >= 11 is 0. The zero-order valence-electron chi connectivity index (χ0n) is 15.0. The molecule has 2 aromatic carbocycles. The molecule has 1 fully saturated rings. The number of piperazine rings is 1. The first kappa shape index (κ1) is 17.9. The standard InChI is InChI=1S/C12H17FN2.C9H10O/c1-2-14-7-9-15(10-8-14)12-5-3-11(13)4-6-12;1-2-4-9-7-10-6-5-8(9)3-1/h3-6H,2,7-10H2,1H3;1-4H,5-7H2. The molecule has 2 aromatic rings. The average Bonchev–Trinajstić information content (AvgIpc) is 2.69. The van der Waals surface area contributed by atoms with Crippen molar-refractivity contribution in [1.82, 2.24) is 4.90 Å². The van der Waals surface area contributed by atoms with Crippen molar-refractivity contribution >= 4 is 5.69 Å². The van der Waals surface area contributed by atoms with Gasteiger partial charge in [-0.25, -0.2) is 4.39 Å². The number of likely N-dealkylation sites (N-methyl/N-ethyl adjacent to an activating group) is 1. The summed E-state index contributed by atoms with van der Waals surface area (Å²) in [5.41, 5.74) is 3.94. The predicted molar refractivity (Wildman–Crippen MR) is 101 cm³/mol. The van der Waals surface area contributed by atoms with E-state index in [0.29, 0.717) is 0 Å². The Morgan fingerprint density at radius 3 is 2.24 bits per heavy atom. The van der Waals surface area contributed by atoms with Crippen molar-refractivity contribution in [3.8, 4) is 0 Å². The molecule has 25 heavy (non-hydrogen) atoms.